The van der Waals surface area contributed by atoms with E-state index in [0.29, 0.717) is 10.8 Å². The van der Waals surface area contributed by atoms with Crippen LogP contribution in [0, 0.1) is 5.41 Å². The Morgan fingerprint density at radius 2 is 1.12 bits per heavy atom. The smallest absolute Gasteiger partial charge is 0.0265 e. The molecule has 0 N–H and O–H groups in total. The van der Waals surface area contributed by atoms with Gasteiger partial charge in [-0.2, -0.15) is 0 Å². The van der Waals surface area contributed by atoms with Crippen molar-refractivity contribution in [2.24, 2.45) is 5.41 Å². The standard InChI is InChI=1S/C17H16/c1-3-7-14(8-4-1)17(13-16(17)11-12-16)15-9-5-2-6-10-15/h1-10H,11-13H2. The van der Waals surface area contributed by atoms with Crippen LogP contribution in [0.3, 0.4) is 0 Å². The Kier molecular flexibility index (Phi) is 1.68. The zero-order chi connectivity index (χ0) is 11.3. The van der Waals surface area contributed by atoms with Gasteiger partial charge in [-0.3, -0.25) is 0 Å². The summed E-state index contributed by atoms with van der Waals surface area (Å²) < 4.78 is 0. The van der Waals surface area contributed by atoms with Gasteiger partial charge in [0, 0.05) is 5.41 Å². The molecule has 0 radical (unpaired) electrons. The summed E-state index contributed by atoms with van der Waals surface area (Å²) in [6, 6.07) is 22.2. The van der Waals surface area contributed by atoms with E-state index in [9.17, 15) is 0 Å². The molecule has 2 aliphatic carbocycles. The van der Waals surface area contributed by atoms with Crippen LogP contribution in [0.2, 0.25) is 0 Å². The maximum absolute atomic E-state index is 2.31. The van der Waals surface area contributed by atoms with Crippen molar-refractivity contribution in [2.75, 3.05) is 0 Å². The molecule has 0 aromatic heterocycles. The van der Waals surface area contributed by atoms with E-state index in [1.54, 1.807) is 0 Å². The zero-order valence-corrected chi connectivity index (χ0v) is 9.89. The highest BCUT2D eigenvalue weighted by atomic mass is 14.8. The predicted octanol–water partition coefficient (Wildman–Crippen LogP) is 4.16. The summed E-state index contributed by atoms with van der Waals surface area (Å²) in [4.78, 5) is 0. The summed E-state index contributed by atoms with van der Waals surface area (Å²) in [7, 11) is 0. The SMILES string of the molecule is c1ccc(C2(c3ccccc3)CC23CC3)cc1. The molecule has 2 saturated carbocycles. The van der Waals surface area contributed by atoms with Gasteiger partial charge < -0.3 is 0 Å². The Morgan fingerprint density at radius 3 is 1.47 bits per heavy atom. The van der Waals surface area contributed by atoms with Gasteiger partial charge in [0.05, 0.1) is 0 Å². The van der Waals surface area contributed by atoms with Crippen LogP contribution in [-0.4, -0.2) is 0 Å². The van der Waals surface area contributed by atoms with Crippen molar-refractivity contribution < 1.29 is 0 Å². The van der Waals surface area contributed by atoms with Gasteiger partial charge in [0.1, 0.15) is 0 Å². The lowest BCUT2D eigenvalue weighted by molar-refractivity contribution is 0.702. The molecular formula is C17H16. The van der Waals surface area contributed by atoms with Crippen LogP contribution in [0.1, 0.15) is 30.4 Å². The summed E-state index contributed by atoms with van der Waals surface area (Å²) in [5, 5.41) is 0. The highest BCUT2D eigenvalue weighted by Gasteiger charge is 2.74. The van der Waals surface area contributed by atoms with Crippen molar-refractivity contribution in [3.8, 4) is 0 Å². The first kappa shape index (κ1) is 9.47. The maximum Gasteiger partial charge on any atom is 0.0265 e. The van der Waals surface area contributed by atoms with Crippen molar-refractivity contribution in [3.63, 3.8) is 0 Å². The first-order valence-electron chi connectivity index (χ1n) is 6.49. The third-order valence-corrected chi connectivity index (χ3v) is 4.77. The largest absolute Gasteiger partial charge is 0.0622 e. The Balaban J connectivity index is 1.88. The van der Waals surface area contributed by atoms with Crippen LogP contribution in [0.4, 0.5) is 0 Å². The quantitative estimate of drug-likeness (QED) is 0.713. The molecule has 1 spiro atoms. The molecule has 0 atom stereocenters. The monoisotopic (exact) mass is 220 g/mol. The summed E-state index contributed by atoms with van der Waals surface area (Å²) >= 11 is 0. The van der Waals surface area contributed by atoms with Crippen LogP contribution in [0.25, 0.3) is 0 Å². The minimum Gasteiger partial charge on any atom is -0.0622 e. The molecule has 2 aromatic carbocycles. The first-order chi connectivity index (χ1) is 8.37. The summed E-state index contributed by atoms with van der Waals surface area (Å²) in [5.74, 6) is 0. The topological polar surface area (TPSA) is 0 Å². The van der Waals surface area contributed by atoms with Gasteiger partial charge in [-0.15, -0.1) is 0 Å². The predicted molar refractivity (Wildman–Crippen MR) is 69.9 cm³/mol. The van der Waals surface area contributed by atoms with E-state index in [4.69, 9.17) is 0 Å². The molecule has 84 valence electrons. The second kappa shape index (κ2) is 3.01. The molecule has 17 heavy (non-hydrogen) atoms. The minimum absolute atomic E-state index is 0.343. The molecule has 2 fully saturated rings. The average molecular weight is 220 g/mol. The molecular weight excluding hydrogens is 204 g/mol. The third-order valence-electron chi connectivity index (χ3n) is 4.77. The zero-order valence-electron chi connectivity index (χ0n) is 9.89. The average Bonchev–Trinajstić information content (AvgIpc) is 3.32. The van der Waals surface area contributed by atoms with Crippen molar-refractivity contribution >= 4 is 0 Å². The maximum atomic E-state index is 2.31. The van der Waals surface area contributed by atoms with E-state index in [1.165, 1.54) is 30.4 Å². The Morgan fingerprint density at radius 1 is 0.647 bits per heavy atom. The normalized spacial score (nSPS) is 22.4. The van der Waals surface area contributed by atoms with E-state index in [2.05, 4.69) is 60.7 Å². The van der Waals surface area contributed by atoms with Crippen molar-refractivity contribution in [3.05, 3.63) is 71.8 Å². The van der Waals surface area contributed by atoms with Crippen LogP contribution >= 0.6 is 0 Å². The Hall–Kier alpha value is -1.56. The van der Waals surface area contributed by atoms with Gasteiger partial charge in [-0.1, -0.05) is 60.7 Å². The van der Waals surface area contributed by atoms with Gasteiger partial charge in [0.25, 0.3) is 0 Å². The molecule has 0 heterocycles. The molecule has 4 rings (SSSR count). The number of benzene rings is 2. The van der Waals surface area contributed by atoms with E-state index >= 15 is 0 Å². The number of rotatable bonds is 2. The van der Waals surface area contributed by atoms with E-state index in [1.807, 2.05) is 0 Å². The van der Waals surface area contributed by atoms with Gasteiger partial charge in [0.15, 0.2) is 0 Å². The van der Waals surface area contributed by atoms with Gasteiger partial charge in [-0.25, -0.2) is 0 Å². The number of hydrogen-bond acceptors (Lipinski definition) is 0. The second-order valence-electron chi connectivity index (χ2n) is 5.59. The Bertz CT molecular complexity index is 495. The van der Waals surface area contributed by atoms with E-state index in [0.717, 1.165) is 0 Å². The Labute approximate surface area is 102 Å². The van der Waals surface area contributed by atoms with Gasteiger partial charge in [-0.05, 0) is 35.8 Å². The fourth-order valence-electron chi connectivity index (χ4n) is 3.65. The highest BCUT2D eigenvalue weighted by molar-refractivity contribution is 5.53. The summed E-state index contributed by atoms with van der Waals surface area (Å²) in [5.41, 5.74) is 4.00. The first-order valence-corrected chi connectivity index (χ1v) is 6.49. The van der Waals surface area contributed by atoms with Crippen LogP contribution in [0.15, 0.2) is 60.7 Å². The van der Waals surface area contributed by atoms with Gasteiger partial charge >= 0.3 is 0 Å². The molecule has 0 amide bonds. The lowest BCUT2D eigenvalue weighted by atomic mass is 9.85. The summed E-state index contributed by atoms with van der Waals surface area (Å²) in [6.45, 7) is 0. The van der Waals surface area contributed by atoms with Gasteiger partial charge in [0.2, 0.25) is 0 Å². The van der Waals surface area contributed by atoms with Crippen LogP contribution < -0.4 is 0 Å². The van der Waals surface area contributed by atoms with E-state index < -0.39 is 0 Å². The molecule has 0 nitrogen and oxygen atoms in total. The van der Waals surface area contributed by atoms with Crippen molar-refractivity contribution in [1.29, 1.82) is 0 Å². The molecule has 0 saturated heterocycles. The van der Waals surface area contributed by atoms with Crippen LogP contribution in [-0.2, 0) is 5.41 Å². The molecule has 2 aliphatic rings. The fourth-order valence-corrected chi connectivity index (χ4v) is 3.65. The summed E-state index contributed by atoms with van der Waals surface area (Å²) in [6.07, 6.45) is 4.18. The number of hydrogen-bond donors (Lipinski definition) is 0. The lowest BCUT2D eigenvalue weighted by Gasteiger charge is -2.18. The van der Waals surface area contributed by atoms with Crippen LogP contribution in [0.5, 0.6) is 0 Å². The third kappa shape index (κ3) is 1.13. The minimum atomic E-state index is 0.343. The lowest BCUT2D eigenvalue weighted by Crippen LogP contribution is -2.12. The molecule has 2 aromatic rings. The van der Waals surface area contributed by atoms with Crippen molar-refractivity contribution in [1.82, 2.24) is 0 Å². The molecule has 0 unspecified atom stereocenters. The van der Waals surface area contributed by atoms with E-state index in [-0.39, 0.29) is 0 Å². The van der Waals surface area contributed by atoms with Crippen molar-refractivity contribution in [2.45, 2.75) is 24.7 Å². The molecule has 0 aliphatic heterocycles. The fraction of sp³-hybridized carbons (Fsp3) is 0.294. The second-order valence-corrected chi connectivity index (χ2v) is 5.59. The molecule has 0 heteroatoms. The highest BCUT2D eigenvalue weighted by Crippen LogP contribution is 2.80. The molecule has 0 bridgehead atoms.